The van der Waals surface area contributed by atoms with Crippen LogP contribution in [0.5, 0.6) is 5.75 Å². The Bertz CT molecular complexity index is 480. The molecule has 0 aliphatic carbocycles. The molecule has 1 heterocycles. The molecule has 90 valence electrons. The predicted molar refractivity (Wildman–Crippen MR) is 64.7 cm³/mol. The summed E-state index contributed by atoms with van der Waals surface area (Å²) in [4.78, 5) is 10.9. The Morgan fingerprint density at radius 3 is 2.59 bits per heavy atom. The normalized spacial score (nSPS) is 18.3. The molecule has 0 saturated heterocycles. The summed E-state index contributed by atoms with van der Waals surface area (Å²) in [5.41, 5.74) is 9.49. The number of nitrogen functional groups attached to an aromatic ring is 1. The van der Waals surface area contributed by atoms with Crippen molar-refractivity contribution in [3.8, 4) is 5.75 Å². The minimum Gasteiger partial charge on any atom is -0.450 e. The second kappa shape index (κ2) is 4.13. The molecule has 0 fully saturated rings. The summed E-state index contributed by atoms with van der Waals surface area (Å²) in [5.74, 6) is 0.304. The molecule has 1 aromatic carbocycles. The van der Waals surface area contributed by atoms with Crippen molar-refractivity contribution in [2.45, 2.75) is 27.1 Å². The number of rotatable bonds is 2. The molecule has 2 rings (SSSR count). The van der Waals surface area contributed by atoms with E-state index in [9.17, 15) is 4.79 Å². The van der Waals surface area contributed by atoms with Gasteiger partial charge in [-0.1, -0.05) is 0 Å². The van der Waals surface area contributed by atoms with Crippen LogP contribution < -0.4 is 10.5 Å². The highest BCUT2D eigenvalue weighted by molar-refractivity contribution is 5.84. The number of hydrogen-bond donors (Lipinski definition) is 1. The topological polar surface area (TPSA) is 61.5 Å². The fourth-order valence-electron chi connectivity index (χ4n) is 1.75. The van der Waals surface area contributed by atoms with Gasteiger partial charge in [-0.15, -0.1) is 0 Å². The van der Waals surface area contributed by atoms with E-state index in [0.717, 1.165) is 16.7 Å². The van der Waals surface area contributed by atoms with Crippen LogP contribution in [-0.2, 0) is 9.53 Å². The Labute approximate surface area is 100 Å². The van der Waals surface area contributed by atoms with Crippen LogP contribution in [0.25, 0.3) is 0 Å². The van der Waals surface area contributed by atoms with Gasteiger partial charge in [-0.05, 0) is 38.0 Å². The number of cyclic esters (lactones) is 1. The zero-order valence-corrected chi connectivity index (χ0v) is 10.1. The standard InChI is InChI=1S/C13H15NO3/c1-7-6-10(14)9(3)13(8(7)2)17-12-5-4-11(15)16-12/h4-6,12H,14H2,1-3H3. The van der Waals surface area contributed by atoms with Gasteiger partial charge < -0.3 is 15.2 Å². The van der Waals surface area contributed by atoms with Gasteiger partial charge in [0.2, 0.25) is 0 Å². The van der Waals surface area contributed by atoms with Gasteiger partial charge in [0.05, 0.1) is 0 Å². The molecule has 17 heavy (non-hydrogen) atoms. The molecule has 1 aliphatic heterocycles. The fraction of sp³-hybridized carbons (Fsp3) is 0.308. The summed E-state index contributed by atoms with van der Waals surface area (Å²) in [5, 5.41) is 0. The van der Waals surface area contributed by atoms with Crippen LogP contribution in [0, 0.1) is 20.8 Å². The van der Waals surface area contributed by atoms with E-state index in [-0.39, 0.29) is 5.97 Å². The number of benzene rings is 1. The summed E-state index contributed by atoms with van der Waals surface area (Å²) < 4.78 is 10.6. The minimum atomic E-state index is -0.652. The lowest BCUT2D eigenvalue weighted by Crippen LogP contribution is -2.17. The summed E-state index contributed by atoms with van der Waals surface area (Å²) in [6, 6.07) is 1.91. The number of ether oxygens (including phenoxy) is 2. The molecule has 0 saturated carbocycles. The molecular formula is C13H15NO3. The third-order valence-corrected chi connectivity index (χ3v) is 2.93. The number of anilines is 1. The molecule has 0 bridgehead atoms. The molecule has 0 radical (unpaired) electrons. The minimum absolute atomic E-state index is 0.383. The van der Waals surface area contributed by atoms with Crippen molar-refractivity contribution >= 4 is 11.7 Å². The van der Waals surface area contributed by atoms with Crippen LogP contribution in [0.4, 0.5) is 5.69 Å². The van der Waals surface area contributed by atoms with Gasteiger partial charge in [-0.25, -0.2) is 4.79 Å². The van der Waals surface area contributed by atoms with Crippen LogP contribution in [0.1, 0.15) is 16.7 Å². The molecule has 4 nitrogen and oxygen atoms in total. The smallest absolute Gasteiger partial charge is 0.334 e. The largest absolute Gasteiger partial charge is 0.450 e. The highest BCUT2D eigenvalue weighted by atomic mass is 16.7. The van der Waals surface area contributed by atoms with Crippen LogP contribution in [0.3, 0.4) is 0 Å². The average molecular weight is 233 g/mol. The molecular weight excluding hydrogens is 218 g/mol. The Morgan fingerprint density at radius 1 is 1.29 bits per heavy atom. The summed E-state index contributed by atoms with van der Waals surface area (Å²) in [6.45, 7) is 5.81. The Balaban J connectivity index is 2.32. The quantitative estimate of drug-likeness (QED) is 0.627. The van der Waals surface area contributed by atoms with Gasteiger partial charge >= 0.3 is 5.97 Å². The molecule has 0 aromatic heterocycles. The first-order valence-corrected chi connectivity index (χ1v) is 5.41. The number of nitrogens with two attached hydrogens (primary N) is 1. The van der Waals surface area contributed by atoms with Gasteiger partial charge in [0.15, 0.2) is 0 Å². The lowest BCUT2D eigenvalue weighted by molar-refractivity contribution is -0.147. The first-order chi connectivity index (χ1) is 7.99. The van der Waals surface area contributed by atoms with E-state index >= 15 is 0 Å². The summed E-state index contributed by atoms with van der Waals surface area (Å²) >= 11 is 0. The maximum absolute atomic E-state index is 10.9. The Hall–Kier alpha value is -1.97. The third kappa shape index (κ3) is 2.11. The number of hydrogen-bond acceptors (Lipinski definition) is 4. The third-order valence-electron chi connectivity index (χ3n) is 2.93. The number of esters is 1. The zero-order chi connectivity index (χ0) is 12.6. The highest BCUT2D eigenvalue weighted by Crippen LogP contribution is 2.32. The second-order valence-corrected chi connectivity index (χ2v) is 4.14. The second-order valence-electron chi connectivity index (χ2n) is 4.14. The van der Waals surface area contributed by atoms with Gasteiger partial charge in [0.25, 0.3) is 6.29 Å². The fourth-order valence-corrected chi connectivity index (χ4v) is 1.75. The van der Waals surface area contributed by atoms with Crippen molar-refractivity contribution in [2.75, 3.05) is 5.73 Å². The maximum Gasteiger partial charge on any atom is 0.334 e. The molecule has 1 unspecified atom stereocenters. The van der Waals surface area contributed by atoms with E-state index in [1.165, 1.54) is 6.08 Å². The highest BCUT2D eigenvalue weighted by Gasteiger charge is 2.20. The van der Waals surface area contributed by atoms with E-state index in [1.54, 1.807) is 6.08 Å². The van der Waals surface area contributed by atoms with E-state index < -0.39 is 6.29 Å². The lowest BCUT2D eigenvalue weighted by Gasteiger charge is -2.18. The predicted octanol–water partition coefficient (Wildman–Crippen LogP) is 2.01. The van der Waals surface area contributed by atoms with Crippen molar-refractivity contribution in [1.82, 2.24) is 0 Å². The monoisotopic (exact) mass is 233 g/mol. The van der Waals surface area contributed by atoms with Crippen LogP contribution in [0.2, 0.25) is 0 Å². The first kappa shape index (κ1) is 11.5. The van der Waals surface area contributed by atoms with Crippen molar-refractivity contribution in [2.24, 2.45) is 0 Å². The van der Waals surface area contributed by atoms with Crippen molar-refractivity contribution in [3.05, 3.63) is 34.9 Å². The van der Waals surface area contributed by atoms with Crippen LogP contribution in [0.15, 0.2) is 18.2 Å². The first-order valence-electron chi connectivity index (χ1n) is 5.41. The average Bonchev–Trinajstić information content (AvgIpc) is 2.68. The van der Waals surface area contributed by atoms with Gasteiger partial charge in [0.1, 0.15) is 5.75 Å². The van der Waals surface area contributed by atoms with Crippen molar-refractivity contribution < 1.29 is 14.3 Å². The Morgan fingerprint density at radius 2 is 2.00 bits per heavy atom. The molecule has 1 aromatic rings. The van der Waals surface area contributed by atoms with Crippen LogP contribution >= 0.6 is 0 Å². The van der Waals surface area contributed by atoms with Gasteiger partial charge in [0, 0.05) is 23.4 Å². The van der Waals surface area contributed by atoms with Gasteiger partial charge in [-0.3, -0.25) is 0 Å². The molecule has 4 heteroatoms. The number of aryl methyl sites for hydroxylation is 1. The molecule has 0 amide bonds. The summed E-state index contributed by atoms with van der Waals surface area (Å²) in [6.07, 6.45) is 2.29. The molecule has 1 aliphatic rings. The van der Waals surface area contributed by atoms with E-state index in [1.807, 2.05) is 26.8 Å². The zero-order valence-electron chi connectivity index (χ0n) is 10.1. The van der Waals surface area contributed by atoms with Gasteiger partial charge in [-0.2, -0.15) is 0 Å². The van der Waals surface area contributed by atoms with E-state index in [0.29, 0.717) is 11.4 Å². The van der Waals surface area contributed by atoms with Crippen molar-refractivity contribution in [3.63, 3.8) is 0 Å². The lowest BCUT2D eigenvalue weighted by atomic mass is 10.0. The summed E-state index contributed by atoms with van der Waals surface area (Å²) in [7, 11) is 0. The van der Waals surface area contributed by atoms with Crippen molar-refractivity contribution in [1.29, 1.82) is 0 Å². The number of carbonyl (C=O) groups is 1. The Kier molecular flexibility index (Phi) is 2.79. The molecule has 1 atom stereocenters. The van der Waals surface area contributed by atoms with E-state index in [2.05, 4.69) is 0 Å². The molecule has 2 N–H and O–H groups in total. The van der Waals surface area contributed by atoms with E-state index in [4.69, 9.17) is 15.2 Å². The SMILES string of the molecule is Cc1cc(N)c(C)c(OC2C=CC(=O)O2)c1C. The maximum atomic E-state index is 10.9. The molecule has 0 spiro atoms. The van der Waals surface area contributed by atoms with Crippen LogP contribution in [-0.4, -0.2) is 12.3 Å². The number of carbonyl (C=O) groups excluding carboxylic acids is 1.